The highest BCUT2D eigenvalue weighted by molar-refractivity contribution is 6.37. The van der Waals surface area contributed by atoms with Crippen molar-refractivity contribution in [3.8, 4) is 0 Å². The minimum Gasteiger partial charge on any atom is -0.375 e. The van der Waals surface area contributed by atoms with Crippen molar-refractivity contribution in [2.75, 3.05) is 4.90 Å². The van der Waals surface area contributed by atoms with E-state index in [0.29, 0.717) is 10.7 Å². The summed E-state index contributed by atoms with van der Waals surface area (Å²) in [4.78, 5) is 27.5. The highest BCUT2D eigenvalue weighted by Gasteiger charge is 2.51. The van der Waals surface area contributed by atoms with E-state index in [0.717, 1.165) is 0 Å². The Morgan fingerprint density at radius 3 is 2.45 bits per heavy atom. The molecule has 1 unspecified atom stereocenters. The third-order valence-corrected chi connectivity index (χ3v) is 6.17. The largest absolute Gasteiger partial charge is 0.375 e. The van der Waals surface area contributed by atoms with Crippen molar-refractivity contribution in [1.82, 2.24) is 0 Å². The molecule has 0 bridgehead atoms. The Labute approximate surface area is 192 Å². The van der Waals surface area contributed by atoms with Crippen LogP contribution in [0.25, 0.3) is 0 Å². The lowest BCUT2D eigenvalue weighted by Gasteiger charge is -2.23. The van der Waals surface area contributed by atoms with Gasteiger partial charge in [0, 0.05) is 26.7 Å². The number of carbonyl (C=O) groups is 2. The van der Waals surface area contributed by atoms with Gasteiger partial charge in [-0.25, -0.2) is 4.39 Å². The van der Waals surface area contributed by atoms with Gasteiger partial charge in [0.25, 0.3) is 5.91 Å². The first-order chi connectivity index (χ1) is 14.7. The maximum absolute atomic E-state index is 14.3. The summed E-state index contributed by atoms with van der Waals surface area (Å²) in [6.45, 7) is -0.195. The summed E-state index contributed by atoms with van der Waals surface area (Å²) in [7, 11) is 0. The molecule has 3 aromatic rings. The molecule has 31 heavy (non-hydrogen) atoms. The Balaban J connectivity index is 1.72. The lowest BCUT2D eigenvalue weighted by Crippen LogP contribution is -2.41. The SMILES string of the molecule is O=C(CC1(O)C(=O)N(Cc2c(F)cccc2Cl)c2ccccc21)c1ccc(Cl)cc1Cl. The van der Waals surface area contributed by atoms with Crippen molar-refractivity contribution < 1.29 is 19.1 Å². The third kappa shape index (κ3) is 3.83. The van der Waals surface area contributed by atoms with Gasteiger partial charge in [0.2, 0.25) is 0 Å². The molecule has 1 aliphatic heterocycles. The number of amides is 1. The average molecular weight is 479 g/mol. The van der Waals surface area contributed by atoms with Gasteiger partial charge in [0.05, 0.1) is 23.7 Å². The van der Waals surface area contributed by atoms with Gasteiger partial charge in [-0.15, -0.1) is 0 Å². The van der Waals surface area contributed by atoms with Crippen LogP contribution in [-0.2, 0) is 16.9 Å². The number of fused-ring (bicyclic) bond motifs is 1. The highest BCUT2D eigenvalue weighted by Crippen LogP contribution is 2.44. The highest BCUT2D eigenvalue weighted by atomic mass is 35.5. The molecule has 1 atom stereocenters. The molecule has 0 saturated heterocycles. The molecule has 1 N–H and O–H groups in total. The van der Waals surface area contributed by atoms with Crippen molar-refractivity contribution in [3.05, 3.63) is 98.2 Å². The second-order valence-electron chi connectivity index (χ2n) is 7.19. The van der Waals surface area contributed by atoms with Crippen LogP contribution >= 0.6 is 34.8 Å². The van der Waals surface area contributed by atoms with Gasteiger partial charge in [-0.3, -0.25) is 9.59 Å². The molecule has 0 fully saturated rings. The summed E-state index contributed by atoms with van der Waals surface area (Å²) >= 11 is 18.1. The standard InChI is InChI=1S/C23H15Cl3FNO3/c24-13-8-9-14(18(26)10-13)21(29)11-23(31)16-4-1-2-7-20(16)28(22(23)30)12-15-17(25)5-3-6-19(15)27/h1-10,31H,11-12H2. The van der Waals surface area contributed by atoms with Crippen LogP contribution in [0.2, 0.25) is 15.1 Å². The normalized spacial score (nSPS) is 17.7. The van der Waals surface area contributed by atoms with E-state index in [1.807, 2.05) is 0 Å². The number of nitrogens with zero attached hydrogens (tertiary/aromatic N) is 1. The molecule has 0 spiro atoms. The number of para-hydroxylation sites is 1. The maximum Gasteiger partial charge on any atom is 0.264 e. The molecule has 158 valence electrons. The number of aliphatic hydroxyl groups is 1. The van der Waals surface area contributed by atoms with E-state index in [1.54, 1.807) is 24.3 Å². The number of anilines is 1. The smallest absolute Gasteiger partial charge is 0.264 e. The molecule has 1 amide bonds. The number of carbonyl (C=O) groups excluding carboxylic acids is 2. The van der Waals surface area contributed by atoms with Crippen LogP contribution in [0.3, 0.4) is 0 Å². The van der Waals surface area contributed by atoms with Crippen LogP contribution in [0.1, 0.15) is 27.9 Å². The zero-order chi connectivity index (χ0) is 22.3. The van der Waals surface area contributed by atoms with E-state index in [1.165, 1.54) is 41.3 Å². The quantitative estimate of drug-likeness (QED) is 0.472. The number of rotatable bonds is 5. The molecular weight excluding hydrogens is 464 g/mol. The summed E-state index contributed by atoms with van der Waals surface area (Å²) in [5, 5.41) is 12.0. The van der Waals surface area contributed by atoms with Crippen LogP contribution in [0.4, 0.5) is 10.1 Å². The third-order valence-electron chi connectivity index (χ3n) is 5.27. The van der Waals surface area contributed by atoms with E-state index < -0.39 is 29.5 Å². The first kappa shape index (κ1) is 21.8. The fraction of sp³-hybridized carbons (Fsp3) is 0.130. The molecule has 1 heterocycles. The van der Waals surface area contributed by atoms with Gasteiger partial charge in [-0.05, 0) is 36.4 Å². The number of ketones is 1. The van der Waals surface area contributed by atoms with Crippen molar-refractivity contribution in [2.24, 2.45) is 0 Å². The fourth-order valence-electron chi connectivity index (χ4n) is 3.72. The van der Waals surface area contributed by atoms with E-state index in [4.69, 9.17) is 34.8 Å². The van der Waals surface area contributed by atoms with E-state index in [-0.39, 0.29) is 33.3 Å². The van der Waals surface area contributed by atoms with Crippen molar-refractivity contribution in [2.45, 2.75) is 18.6 Å². The Bertz CT molecular complexity index is 1200. The van der Waals surface area contributed by atoms with Crippen molar-refractivity contribution in [1.29, 1.82) is 0 Å². The molecule has 1 aliphatic rings. The minimum absolute atomic E-state index is 0.114. The van der Waals surface area contributed by atoms with Crippen LogP contribution in [0, 0.1) is 5.82 Å². The second-order valence-corrected chi connectivity index (χ2v) is 8.44. The number of hydrogen-bond acceptors (Lipinski definition) is 3. The minimum atomic E-state index is -2.13. The van der Waals surface area contributed by atoms with Crippen LogP contribution in [0.15, 0.2) is 60.7 Å². The Morgan fingerprint density at radius 1 is 1.00 bits per heavy atom. The fourth-order valence-corrected chi connectivity index (χ4v) is 4.46. The lowest BCUT2D eigenvalue weighted by atomic mass is 9.88. The van der Waals surface area contributed by atoms with Gasteiger partial charge in [0.1, 0.15) is 5.82 Å². The Hall–Kier alpha value is -2.44. The summed E-state index contributed by atoms with van der Waals surface area (Å²) < 4.78 is 14.3. The Kier molecular flexibility index (Phi) is 5.79. The Morgan fingerprint density at radius 2 is 1.74 bits per heavy atom. The topological polar surface area (TPSA) is 57.6 Å². The van der Waals surface area contributed by atoms with E-state index in [2.05, 4.69) is 0 Å². The van der Waals surface area contributed by atoms with Gasteiger partial charge in [-0.1, -0.05) is 59.1 Å². The molecule has 8 heteroatoms. The molecule has 0 saturated carbocycles. The first-order valence-corrected chi connectivity index (χ1v) is 10.4. The summed E-state index contributed by atoms with van der Waals surface area (Å²) in [5.41, 5.74) is -1.24. The van der Waals surface area contributed by atoms with Gasteiger partial charge < -0.3 is 10.0 Å². The van der Waals surface area contributed by atoms with Gasteiger partial charge in [-0.2, -0.15) is 0 Å². The monoisotopic (exact) mass is 477 g/mol. The van der Waals surface area contributed by atoms with Crippen molar-refractivity contribution in [3.63, 3.8) is 0 Å². The summed E-state index contributed by atoms with van der Waals surface area (Å²) in [6.07, 6.45) is -0.536. The molecule has 4 nitrogen and oxygen atoms in total. The van der Waals surface area contributed by atoms with Crippen LogP contribution in [0.5, 0.6) is 0 Å². The summed E-state index contributed by atoms with van der Waals surface area (Å²) in [5.74, 6) is -1.85. The first-order valence-electron chi connectivity index (χ1n) is 9.27. The lowest BCUT2D eigenvalue weighted by molar-refractivity contribution is -0.136. The molecule has 0 aromatic heterocycles. The van der Waals surface area contributed by atoms with Crippen molar-refractivity contribution >= 4 is 52.2 Å². The number of benzene rings is 3. The predicted octanol–water partition coefficient (Wildman–Crippen LogP) is 5.79. The predicted molar refractivity (Wildman–Crippen MR) is 118 cm³/mol. The zero-order valence-corrected chi connectivity index (χ0v) is 18.2. The average Bonchev–Trinajstić information content (AvgIpc) is 2.92. The molecule has 4 rings (SSSR count). The number of hydrogen-bond donors (Lipinski definition) is 1. The van der Waals surface area contributed by atoms with Crippen LogP contribution < -0.4 is 4.90 Å². The zero-order valence-electron chi connectivity index (χ0n) is 15.9. The molecule has 0 aliphatic carbocycles. The molecule has 0 radical (unpaired) electrons. The summed E-state index contributed by atoms with van der Waals surface area (Å²) in [6, 6.07) is 15.1. The molecular formula is C23H15Cl3FNO3. The maximum atomic E-state index is 14.3. The van der Waals surface area contributed by atoms with E-state index in [9.17, 15) is 19.1 Å². The van der Waals surface area contributed by atoms with E-state index >= 15 is 0 Å². The second kappa shape index (κ2) is 8.24. The molecule has 3 aromatic carbocycles. The van der Waals surface area contributed by atoms with Gasteiger partial charge >= 0.3 is 0 Å². The van der Waals surface area contributed by atoms with Gasteiger partial charge in [0.15, 0.2) is 11.4 Å². The van der Waals surface area contributed by atoms with Crippen LogP contribution in [-0.4, -0.2) is 16.8 Å². The number of halogens is 4. The number of Topliss-reactive ketones (excluding diaryl/α,β-unsaturated/α-hetero) is 1.